The molecule has 1 atom stereocenters. The van der Waals surface area contributed by atoms with Crippen LogP contribution in [0, 0.1) is 0 Å². The molecule has 6 heteroatoms. The van der Waals surface area contributed by atoms with Crippen molar-refractivity contribution in [3.8, 4) is 0 Å². The summed E-state index contributed by atoms with van der Waals surface area (Å²) >= 11 is 0. The van der Waals surface area contributed by atoms with E-state index in [-0.39, 0.29) is 19.5 Å². The largest absolute Gasteiger partial charge is 0.444 e. The molecule has 2 amide bonds. The van der Waals surface area contributed by atoms with Crippen LogP contribution in [0.3, 0.4) is 0 Å². The highest BCUT2D eigenvalue weighted by molar-refractivity contribution is 5.85. The fourth-order valence-corrected chi connectivity index (χ4v) is 1.48. The van der Waals surface area contributed by atoms with Crippen LogP contribution in [0.5, 0.6) is 0 Å². The second kappa shape index (κ2) is 3.93. The van der Waals surface area contributed by atoms with Gasteiger partial charge in [-0.2, -0.15) is 0 Å². The van der Waals surface area contributed by atoms with Gasteiger partial charge in [-0.05, 0) is 20.8 Å². The predicted molar refractivity (Wildman–Crippen MR) is 56.6 cm³/mol. The molecule has 1 fully saturated rings. The maximum atomic E-state index is 11.6. The van der Waals surface area contributed by atoms with Gasteiger partial charge in [0.05, 0.1) is 6.54 Å². The molecule has 1 aliphatic rings. The number of ether oxygens (including phenoxy) is 1. The van der Waals surface area contributed by atoms with Crippen LogP contribution in [-0.4, -0.2) is 46.3 Å². The number of rotatable bonds is 1. The standard InChI is InChI=1S/C10H18N2O4/c1-9(2,3)16-8(14)12-5-4-10(15,6-12)7(11)13/h15H,4-6H2,1-3H3,(H2,11,13). The number of nitrogens with zero attached hydrogens (tertiary/aromatic N) is 1. The van der Waals surface area contributed by atoms with Gasteiger partial charge in [0.15, 0.2) is 5.60 Å². The van der Waals surface area contributed by atoms with Gasteiger partial charge in [-0.25, -0.2) is 4.79 Å². The zero-order valence-corrected chi connectivity index (χ0v) is 9.82. The zero-order valence-electron chi connectivity index (χ0n) is 9.82. The van der Waals surface area contributed by atoms with Crippen molar-refractivity contribution in [2.24, 2.45) is 5.73 Å². The Morgan fingerprint density at radius 2 is 2.00 bits per heavy atom. The van der Waals surface area contributed by atoms with E-state index in [9.17, 15) is 14.7 Å². The van der Waals surface area contributed by atoms with Crippen LogP contribution >= 0.6 is 0 Å². The Balaban J connectivity index is 2.60. The Morgan fingerprint density at radius 3 is 2.38 bits per heavy atom. The van der Waals surface area contributed by atoms with E-state index in [0.717, 1.165) is 0 Å². The van der Waals surface area contributed by atoms with Crippen molar-refractivity contribution in [1.29, 1.82) is 0 Å². The van der Waals surface area contributed by atoms with Crippen molar-refractivity contribution in [3.05, 3.63) is 0 Å². The number of likely N-dealkylation sites (tertiary alicyclic amines) is 1. The van der Waals surface area contributed by atoms with Crippen LogP contribution < -0.4 is 5.73 Å². The number of nitrogens with two attached hydrogens (primary N) is 1. The molecule has 16 heavy (non-hydrogen) atoms. The Kier molecular flexibility index (Phi) is 3.14. The molecule has 1 heterocycles. The molecule has 3 N–H and O–H groups in total. The molecule has 1 rings (SSSR count). The number of primary amides is 1. The van der Waals surface area contributed by atoms with E-state index in [4.69, 9.17) is 10.5 Å². The normalized spacial score (nSPS) is 25.6. The summed E-state index contributed by atoms with van der Waals surface area (Å²) in [5.41, 5.74) is 2.85. The smallest absolute Gasteiger partial charge is 0.410 e. The summed E-state index contributed by atoms with van der Waals surface area (Å²) in [5, 5.41) is 9.76. The van der Waals surface area contributed by atoms with Crippen molar-refractivity contribution in [1.82, 2.24) is 4.90 Å². The lowest BCUT2D eigenvalue weighted by Gasteiger charge is -2.25. The van der Waals surface area contributed by atoms with Crippen LogP contribution in [0.25, 0.3) is 0 Å². The maximum Gasteiger partial charge on any atom is 0.410 e. The summed E-state index contributed by atoms with van der Waals surface area (Å²) in [6.07, 6.45) is -0.383. The minimum absolute atomic E-state index is 0.1000. The first-order valence-electron chi connectivity index (χ1n) is 5.14. The summed E-state index contributed by atoms with van der Waals surface area (Å²) in [6, 6.07) is 0. The SMILES string of the molecule is CC(C)(C)OC(=O)N1CCC(O)(C(N)=O)C1. The fraction of sp³-hybridized carbons (Fsp3) is 0.800. The van der Waals surface area contributed by atoms with Gasteiger partial charge in [0.1, 0.15) is 5.60 Å². The molecule has 1 saturated heterocycles. The minimum atomic E-state index is -1.61. The van der Waals surface area contributed by atoms with Crippen molar-refractivity contribution in [2.75, 3.05) is 13.1 Å². The van der Waals surface area contributed by atoms with Gasteiger partial charge < -0.3 is 20.5 Å². The van der Waals surface area contributed by atoms with Gasteiger partial charge >= 0.3 is 6.09 Å². The average molecular weight is 230 g/mol. The number of hydrogen-bond donors (Lipinski definition) is 2. The van der Waals surface area contributed by atoms with Crippen LogP contribution in [0.1, 0.15) is 27.2 Å². The lowest BCUT2D eigenvalue weighted by Crippen LogP contribution is -2.47. The summed E-state index contributed by atoms with van der Waals surface area (Å²) in [5.74, 6) is -0.807. The highest BCUT2D eigenvalue weighted by atomic mass is 16.6. The summed E-state index contributed by atoms with van der Waals surface area (Å²) in [6.45, 7) is 5.43. The summed E-state index contributed by atoms with van der Waals surface area (Å²) in [4.78, 5) is 23.9. The molecule has 0 aromatic heterocycles. The Hall–Kier alpha value is -1.30. The number of carbonyl (C=O) groups excluding carboxylic acids is 2. The van der Waals surface area contributed by atoms with Crippen molar-refractivity contribution >= 4 is 12.0 Å². The van der Waals surface area contributed by atoms with E-state index in [0.29, 0.717) is 0 Å². The third kappa shape index (κ3) is 2.85. The number of aliphatic hydroxyl groups is 1. The van der Waals surface area contributed by atoms with Crippen LogP contribution in [0.2, 0.25) is 0 Å². The molecule has 0 aliphatic carbocycles. The maximum absolute atomic E-state index is 11.6. The number of β-amino-alcohol motifs (C(OH)–C–C–N with tert-alkyl or cyclic N) is 1. The van der Waals surface area contributed by atoms with Gasteiger partial charge in [0.2, 0.25) is 0 Å². The third-order valence-corrected chi connectivity index (χ3v) is 2.36. The topological polar surface area (TPSA) is 92.9 Å². The molecule has 92 valence electrons. The molecular weight excluding hydrogens is 212 g/mol. The minimum Gasteiger partial charge on any atom is -0.444 e. The number of hydrogen-bond acceptors (Lipinski definition) is 4. The number of amides is 2. The van der Waals surface area contributed by atoms with Gasteiger partial charge in [-0.1, -0.05) is 0 Å². The molecular formula is C10H18N2O4. The molecule has 1 aliphatic heterocycles. The van der Waals surface area contributed by atoms with Crippen molar-refractivity contribution in [3.63, 3.8) is 0 Å². The monoisotopic (exact) mass is 230 g/mol. The zero-order chi connectivity index (χ0) is 12.6. The molecule has 0 aromatic carbocycles. The van der Waals surface area contributed by atoms with Crippen LogP contribution in [-0.2, 0) is 9.53 Å². The second-order valence-corrected chi connectivity index (χ2v) is 5.05. The van der Waals surface area contributed by atoms with Gasteiger partial charge in [-0.15, -0.1) is 0 Å². The lowest BCUT2D eigenvalue weighted by atomic mass is 10.0. The lowest BCUT2D eigenvalue weighted by molar-refractivity contribution is -0.134. The summed E-state index contributed by atoms with van der Waals surface area (Å²) < 4.78 is 5.12. The molecule has 0 saturated carbocycles. The van der Waals surface area contributed by atoms with E-state index in [2.05, 4.69) is 0 Å². The fourth-order valence-electron chi connectivity index (χ4n) is 1.48. The summed E-state index contributed by atoms with van der Waals surface area (Å²) in [7, 11) is 0. The average Bonchev–Trinajstić information content (AvgIpc) is 2.46. The van der Waals surface area contributed by atoms with E-state index in [1.54, 1.807) is 20.8 Å². The Morgan fingerprint density at radius 1 is 1.44 bits per heavy atom. The third-order valence-electron chi connectivity index (χ3n) is 2.36. The van der Waals surface area contributed by atoms with E-state index < -0.39 is 23.2 Å². The highest BCUT2D eigenvalue weighted by Crippen LogP contribution is 2.22. The quantitative estimate of drug-likeness (QED) is 0.654. The highest BCUT2D eigenvalue weighted by Gasteiger charge is 2.44. The molecule has 1 unspecified atom stereocenters. The van der Waals surface area contributed by atoms with E-state index >= 15 is 0 Å². The van der Waals surface area contributed by atoms with Crippen LogP contribution in [0.4, 0.5) is 4.79 Å². The first-order chi connectivity index (χ1) is 7.14. The number of carbonyl (C=O) groups is 2. The molecule has 0 bridgehead atoms. The van der Waals surface area contributed by atoms with Crippen molar-refractivity contribution in [2.45, 2.75) is 38.4 Å². The first kappa shape index (κ1) is 12.8. The molecule has 0 aromatic rings. The van der Waals surface area contributed by atoms with Crippen LogP contribution in [0.15, 0.2) is 0 Å². The van der Waals surface area contributed by atoms with E-state index in [1.807, 2.05) is 0 Å². The van der Waals surface area contributed by atoms with Crippen molar-refractivity contribution < 1.29 is 19.4 Å². The molecule has 0 spiro atoms. The second-order valence-electron chi connectivity index (χ2n) is 5.05. The first-order valence-corrected chi connectivity index (χ1v) is 5.14. The van der Waals surface area contributed by atoms with E-state index in [1.165, 1.54) is 4.90 Å². The van der Waals surface area contributed by atoms with Gasteiger partial charge in [0, 0.05) is 13.0 Å². The molecule has 0 radical (unpaired) electrons. The Bertz CT molecular complexity index is 310. The van der Waals surface area contributed by atoms with Gasteiger partial charge in [0.25, 0.3) is 5.91 Å². The Labute approximate surface area is 94.3 Å². The molecule has 6 nitrogen and oxygen atoms in total. The van der Waals surface area contributed by atoms with Gasteiger partial charge in [-0.3, -0.25) is 4.79 Å². The predicted octanol–water partition coefficient (Wildman–Crippen LogP) is -0.156.